The second-order valence-electron chi connectivity index (χ2n) is 7.22. The average molecular weight is 340 g/mol. The number of aromatic nitrogens is 2. The number of hydrogen-bond acceptors (Lipinski definition) is 4. The number of nitrogens with one attached hydrogen (secondary N) is 1. The molecular weight excluding hydrogens is 316 g/mol. The minimum Gasteiger partial charge on any atom is -0.370 e. The van der Waals surface area contributed by atoms with Crippen LogP contribution in [0.25, 0.3) is 5.69 Å². The molecule has 0 unspecified atom stereocenters. The Labute approximate surface area is 147 Å². The van der Waals surface area contributed by atoms with E-state index >= 15 is 0 Å². The molecule has 6 heteroatoms. The highest BCUT2D eigenvalue weighted by atomic mass is 16.6. The maximum absolute atomic E-state index is 11.2. The minimum atomic E-state index is -0.337. The molecule has 2 aromatic rings. The Morgan fingerprint density at radius 2 is 2.04 bits per heavy atom. The van der Waals surface area contributed by atoms with Crippen molar-refractivity contribution in [1.82, 2.24) is 9.78 Å². The van der Waals surface area contributed by atoms with Gasteiger partial charge in [0.05, 0.1) is 16.3 Å². The summed E-state index contributed by atoms with van der Waals surface area (Å²) in [5.41, 5.74) is 4.47. The summed E-state index contributed by atoms with van der Waals surface area (Å²) in [5, 5.41) is 19.7. The summed E-state index contributed by atoms with van der Waals surface area (Å²) in [5.74, 6) is 1.58. The first-order valence-electron chi connectivity index (χ1n) is 9.26. The maximum atomic E-state index is 11.2. The van der Waals surface area contributed by atoms with Crippen molar-refractivity contribution >= 4 is 11.5 Å². The molecule has 0 radical (unpaired) electrons. The summed E-state index contributed by atoms with van der Waals surface area (Å²) in [6, 6.07) is 5.02. The Morgan fingerprint density at radius 1 is 1.24 bits per heavy atom. The Hall–Kier alpha value is -2.37. The molecule has 1 aliphatic heterocycles. The minimum absolute atomic E-state index is 0.112. The van der Waals surface area contributed by atoms with E-state index in [-0.39, 0.29) is 10.6 Å². The van der Waals surface area contributed by atoms with Crippen molar-refractivity contribution in [3.8, 4) is 5.69 Å². The number of hydrogen-bond donors (Lipinski definition) is 1. The number of rotatable bonds is 3. The number of nitrogens with zero attached hydrogens (tertiary/aromatic N) is 3. The van der Waals surface area contributed by atoms with Crippen LogP contribution in [0.1, 0.15) is 61.3 Å². The quantitative estimate of drug-likeness (QED) is 0.660. The Morgan fingerprint density at radius 3 is 2.80 bits per heavy atom. The van der Waals surface area contributed by atoms with Crippen molar-refractivity contribution in [2.24, 2.45) is 0 Å². The third-order valence-electron chi connectivity index (χ3n) is 5.53. The zero-order chi connectivity index (χ0) is 17.4. The second-order valence-corrected chi connectivity index (χ2v) is 7.22. The van der Waals surface area contributed by atoms with Gasteiger partial charge in [-0.25, -0.2) is 4.68 Å². The van der Waals surface area contributed by atoms with Crippen molar-refractivity contribution in [2.45, 2.75) is 57.8 Å². The van der Waals surface area contributed by atoms with E-state index in [1.807, 2.05) is 17.7 Å². The normalized spacial score (nSPS) is 17.8. The first kappa shape index (κ1) is 16.1. The number of fused-ring (bicyclic) bond motifs is 1. The van der Waals surface area contributed by atoms with E-state index in [2.05, 4.69) is 5.32 Å². The zero-order valence-electron chi connectivity index (χ0n) is 14.6. The van der Waals surface area contributed by atoms with Gasteiger partial charge in [-0.2, -0.15) is 5.10 Å². The fourth-order valence-electron chi connectivity index (χ4n) is 4.17. The summed E-state index contributed by atoms with van der Waals surface area (Å²) in [4.78, 5) is 10.9. The summed E-state index contributed by atoms with van der Waals surface area (Å²) < 4.78 is 1.93. The molecule has 132 valence electrons. The smallest absolute Gasteiger partial charge is 0.271 e. The van der Waals surface area contributed by atoms with Gasteiger partial charge in [0.25, 0.3) is 5.69 Å². The van der Waals surface area contributed by atoms with Crippen LogP contribution in [0.5, 0.6) is 0 Å². The van der Waals surface area contributed by atoms with Crippen LogP contribution in [0, 0.1) is 17.0 Å². The Kier molecular flexibility index (Phi) is 4.19. The highest BCUT2D eigenvalue weighted by Gasteiger charge is 2.28. The van der Waals surface area contributed by atoms with E-state index in [1.165, 1.54) is 43.4 Å². The van der Waals surface area contributed by atoms with Crippen molar-refractivity contribution < 1.29 is 4.92 Å². The van der Waals surface area contributed by atoms with Crippen LogP contribution in [0.3, 0.4) is 0 Å². The van der Waals surface area contributed by atoms with Crippen LogP contribution in [-0.2, 0) is 6.42 Å². The van der Waals surface area contributed by atoms with E-state index in [9.17, 15) is 10.1 Å². The summed E-state index contributed by atoms with van der Waals surface area (Å²) in [6.45, 7) is 2.91. The molecule has 1 aromatic carbocycles. The third-order valence-corrected chi connectivity index (χ3v) is 5.53. The van der Waals surface area contributed by atoms with Gasteiger partial charge in [0.2, 0.25) is 0 Å². The Bertz CT molecular complexity index is 806. The molecule has 2 heterocycles. The number of nitro benzene ring substituents is 1. The number of aryl methyl sites for hydroxylation is 1. The first-order valence-corrected chi connectivity index (χ1v) is 9.26. The lowest BCUT2D eigenvalue weighted by Gasteiger charge is -2.11. The van der Waals surface area contributed by atoms with Crippen molar-refractivity contribution in [2.75, 3.05) is 11.9 Å². The lowest BCUT2D eigenvalue weighted by molar-refractivity contribution is -0.384. The van der Waals surface area contributed by atoms with Crippen LogP contribution in [0.2, 0.25) is 0 Å². The summed E-state index contributed by atoms with van der Waals surface area (Å²) >= 11 is 0. The van der Waals surface area contributed by atoms with Gasteiger partial charge in [-0.1, -0.05) is 18.9 Å². The van der Waals surface area contributed by atoms with E-state index in [4.69, 9.17) is 5.10 Å². The van der Waals surface area contributed by atoms with Crippen molar-refractivity contribution in [1.29, 1.82) is 0 Å². The van der Waals surface area contributed by atoms with Crippen LogP contribution in [0.4, 0.5) is 11.5 Å². The van der Waals surface area contributed by atoms with Crippen molar-refractivity contribution in [3.63, 3.8) is 0 Å². The molecule has 1 N–H and O–H groups in total. The molecule has 0 saturated heterocycles. The fourth-order valence-corrected chi connectivity index (χ4v) is 4.17. The molecule has 1 saturated carbocycles. The summed E-state index contributed by atoms with van der Waals surface area (Å²) in [6.07, 6.45) is 8.31. The molecule has 2 aliphatic rings. The SMILES string of the molecule is Cc1ccc([N+](=O)[O-])cc1-n1nc(C2CCCC2)c2c1NCCCC2. The van der Waals surface area contributed by atoms with Crippen LogP contribution >= 0.6 is 0 Å². The van der Waals surface area contributed by atoms with E-state index in [0.29, 0.717) is 5.92 Å². The predicted octanol–water partition coefficient (Wildman–Crippen LogP) is 4.49. The first-order chi connectivity index (χ1) is 12.1. The molecule has 1 aliphatic carbocycles. The molecule has 4 rings (SSSR count). The molecule has 1 fully saturated rings. The topological polar surface area (TPSA) is 73.0 Å². The molecule has 1 aromatic heterocycles. The predicted molar refractivity (Wildman–Crippen MR) is 97.6 cm³/mol. The van der Waals surface area contributed by atoms with Gasteiger partial charge in [0.15, 0.2) is 0 Å². The monoisotopic (exact) mass is 340 g/mol. The number of benzene rings is 1. The fraction of sp³-hybridized carbons (Fsp3) is 0.526. The van der Waals surface area contributed by atoms with Gasteiger partial charge >= 0.3 is 0 Å². The van der Waals surface area contributed by atoms with E-state index < -0.39 is 0 Å². The van der Waals surface area contributed by atoms with Crippen LogP contribution in [-0.4, -0.2) is 21.2 Å². The van der Waals surface area contributed by atoms with Crippen LogP contribution in [0.15, 0.2) is 18.2 Å². The molecule has 25 heavy (non-hydrogen) atoms. The molecule has 0 bridgehead atoms. The lowest BCUT2D eigenvalue weighted by atomic mass is 9.97. The lowest BCUT2D eigenvalue weighted by Crippen LogP contribution is -2.08. The zero-order valence-corrected chi connectivity index (χ0v) is 14.6. The number of non-ortho nitro benzene ring substituents is 1. The number of nitro groups is 1. The summed E-state index contributed by atoms with van der Waals surface area (Å²) in [7, 11) is 0. The second kappa shape index (κ2) is 6.50. The maximum Gasteiger partial charge on any atom is 0.271 e. The van der Waals surface area contributed by atoms with Gasteiger partial charge in [0, 0.05) is 30.2 Å². The van der Waals surface area contributed by atoms with E-state index in [0.717, 1.165) is 36.5 Å². The molecule has 6 nitrogen and oxygen atoms in total. The van der Waals surface area contributed by atoms with Gasteiger partial charge in [0.1, 0.15) is 5.82 Å². The van der Waals surface area contributed by atoms with Crippen molar-refractivity contribution in [3.05, 3.63) is 45.1 Å². The average Bonchev–Trinajstić information content (AvgIpc) is 3.17. The Balaban J connectivity index is 1.87. The highest BCUT2D eigenvalue weighted by Crippen LogP contribution is 2.40. The van der Waals surface area contributed by atoms with Crippen LogP contribution < -0.4 is 5.32 Å². The van der Waals surface area contributed by atoms with Gasteiger partial charge in [-0.15, -0.1) is 0 Å². The van der Waals surface area contributed by atoms with Gasteiger partial charge in [-0.3, -0.25) is 10.1 Å². The number of anilines is 1. The van der Waals surface area contributed by atoms with Gasteiger partial charge in [-0.05, 0) is 44.6 Å². The third kappa shape index (κ3) is 2.90. The molecule has 0 amide bonds. The van der Waals surface area contributed by atoms with E-state index in [1.54, 1.807) is 12.1 Å². The largest absolute Gasteiger partial charge is 0.370 e. The highest BCUT2D eigenvalue weighted by molar-refractivity contribution is 5.58. The standard InChI is InChI=1S/C19H24N4O2/c1-13-9-10-15(23(24)25)12-17(13)22-19-16(8-4-5-11-20-19)18(21-22)14-6-2-3-7-14/h9-10,12,14,20H,2-8,11H2,1H3. The molecule has 0 spiro atoms. The molecular formula is C19H24N4O2. The molecule has 0 atom stereocenters. The van der Waals surface area contributed by atoms with Gasteiger partial charge < -0.3 is 5.32 Å².